The van der Waals surface area contributed by atoms with E-state index < -0.39 is 29.7 Å². The molecule has 0 bridgehead atoms. The number of carbonyl (C=O) groups excluding carboxylic acids is 3. The van der Waals surface area contributed by atoms with Gasteiger partial charge < -0.3 is 20.3 Å². The third kappa shape index (κ3) is 8.59. The van der Waals surface area contributed by atoms with Crippen molar-refractivity contribution in [3.63, 3.8) is 0 Å². The summed E-state index contributed by atoms with van der Waals surface area (Å²) >= 11 is 0. The first-order valence-corrected chi connectivity index (χ1v) is 14.6. The number of benzene rings is 3. The first-order chi connectivity index (χ1) is 19.9. The molecule has 3 rings (SSSR count). The molecule has 7 nitrogen and oxygen atoms in total. The fourth-order valence-corrected chi connectivity index (χ4v) is 4.82. The standard InChI is InChI=1S/C35H43N3O4/c1-8-10-15-22-38(33(40)30(24(3)4)37-34(41)42-35(5,6)7)31(29-19-14-13-16-25(29)9-2)32(39)36-28-21-20-26-17-11-12-18-27(26)23-28/h2,11-14,16-21,23-24,30-31H,8,10,15,22H2,1,3-7H3,(H,36,39)(H,37,41). The van der Waals surface area contributed by atoms with Crippen LogP contribution < -0.4 is 10.6 Å². The van der Waals surface area contributed by atoms with Crippen LogP contribution in [0.1, 0.15) is 78.0 Å². The van der Waals surface area contributed by atoms with Gasteiger partial charge in [0, 0.05) is 17.8 Å². The number of nitrogens with one attached hydrogen (secondary N) is 2. The van der Waals surface area contributed by atoms with Gasteiger partial charge in [-0.1, -0.05) is 88.1 Å². The monoisotopic (exact) mass is 569 g/mol. The average molecular weight is 570 g/mol. The third-order valence-corrected chi connectivity index (χ3v) is 6.88. The third-order valence-electron chi connectivity index (χ3n) is 6.88. The maximum atomic E-state index is 14.4. The lowest BCUT2D eigenvalue weighted by molar-refractivity contribution is -0.141. The summed E-state index contributed by atoms with van der Waals surface area (Å²) in [6.45, 7) is 11.4. The normalized spacial score (nSPS) is 12.7. The van der Waals surface area contributed by atoms with Crippen molar-refractivity contribution < 1.29 is 19.1 Å². The summed E-state index contributed by atoms with van der Waals surface area (Å²) < 4.78 is 5.46. The maximum absolute atomic E-state index is 14.4. The zero-order valence-electron chi connectivity index (χ0n) is 25.6. The zero-order valence-corrected chi connectivity index (χ0v) is 25.6. The molecule has 2 atom stereocenters. The molecule has 42 heavy (non-hydrogen) atoms. The summed E-state index contributed by atoms with van der Waals surface area (Å²) in [5.74, 6) is 1.64. The van der Waals surface area contributed by atoms with E-state index in [9.17, 15) is 14.4 Å². The van der Waals surface area contributed by atoms with Crippen LogP contribution in [0.3, 0.4) is 0 Å². The van der Waals surface area contributed by atoms with Crippen LogP contribution in [0.25, 0.3) is 10.8 Å². The number of amides is 3. The highest BCUT2D eigenvalue weighted by Crippen LogP contribution is 2.29. The van der Waals surface area contributed by atoms with Gasteiger partial charge in [-0.2, -0.15) is 0 Å². The lowest BCUT2D eigenvalue weighted by Gasteiger charge is -2.36. The molecule has 0 heterocycles. The van der Waals surface area contributed by atoms with Crippen LogP contribution >= 0.6 is 0 Å². The number of fused-ring (bicyclic) bond motifs is 1. The lowest BCUT2D eigenvalue weighted by atomic mass is 9.95. The summed E-state index contributed by atoms with van der Waals surface area (Å²) in [6.07, 6.45) is 7.66. The molecule has 3 aromatic rings. The van der Waals surface area contributed by atoms with Crippen molar-refractivity contribution in [1.29, 1.82) is 0 Å². The molecule has 2 N–H and O–H groups in total. The van der Waals surface area contributed by atoms with Crippen LogP contribution in [0.2, 0.25) is 0 Å². The number of hydrogen-bond acceptors (Lipinski definition) is 4. The van der Waals surface area contributed by atoms with Gasteiger partial charge >= 0.3 is 6.09 Å². The molecule has 0 fully saturated rings. The Morgan fingerprint density at radius 1 is 0.952 bits per heavy atom. The summed E-state index contributed by atoms with van der Waals surface area (Å²) in [4.78, 5) is 42.9. The molecule has 0 aromatic heterocycles. The molecule has 7 heteroatoms. The van der Waals surface area contributed by atoms with E-state index in [0.29, 0.717) is 29.8 Å². The number of carbonyl (C=O) groups is 3. The molecule has 0 aliphatic heterocycles. The number of hydrogen-bond donors (Lipinski definition) is 2. The first-order valence-electron chi connectivity index (χ1n) is 14.6. The Labute approximate surface area is 250 Å². The van der Waals surface area contributed by atoms with E-state index in [1.165, 1.54) is 0 Å². The van der Waals surface area contributed by atoms with E-state index in [0.717, 1.165) is 23.6 Å². The van der Waals surface area contributed by atoms with Gasteiger partial charge in [-0.15, -0.1) is 6.42 Å². The van der Waals surface area contributed by atoms with Crippen LogP contribution in [0.5, 0.6) is 0 Å². The Bertz CT molecular complexity index is 1430. The number of unbranched alkanes of at least 4 members (excludes halogenated alkanes) is 2. The zero-order chi connectivity index (χ0) is 30.9. The Morgan fingerprint density at radius 3 is 2.26 bits per heavy atom. The number of nitrogens with zero attached hydrogens (tertiary/aromatic N) is 1. The minimum Gasteiger partial charge on any atom is -0.444 e. The van der Waals surface area contributed by atoms with E-state index in [-0.39, 0.29) is 11.8 Å². The van der Waals surface area contributed by atoms with E-state index in [1.807, 2.05) is 56.3 Å². The minimum absolute atomic E-state index is 0.272. The van der Waals surface area contributed by atoms with Gasteiger partial charge in [0.05, 0.1) is 0 Å². The number of alkyl carbamates (subject to hydrolysis) is 1. The van der Waals surface area contributed by atoms with E-state index >= 15 is 0 Å². The maximum Gasteiger partial charge on any atom is 0.408 e. The fraction of sp³-hybridized carbons (Fsp3) is 0.400. The van der Waals surface area contributed by atoms with Crippen LogP contribution in [0.15, 0.2) is 66.7 Å². The fourth-order valence-electron chi connectivity index (χ4n) is 4.82. The van der Waals surface area contributed by atoms with Crippen molar-refractivity contribution in [2.45, 2.75) is 78.5 Å². The van der Waals surface area contributed by atoms with Crippen LogP contribution in [0, 0.1) is 18.3 Å². The Balaban J connectivity index is 2.07. The largest absolute Gasteiger partial charge is 0.444 e. The van der Waals surface area contributed by atoms with Crippen molar-refractivity contribution in [1.82, 2.24) is 10.2 Å². The second-order valence-electron chi connectivity index (χ2n) is 11.8. The van der Waals surface area contributed by atoms with Gasteiger partial charge in [-0.3, -0.25) is 9.59 Å². The molecule has 0 saturated heterocycles. The predicted molar refractivity (Wildman–Crippen MR) is 169 cm³/mol. The number of anilines is 1. The molecule has 3 amide bonds. The summed E-state index contributed by atoms with van der Waals surface area (Å²) in [6, 6.07) is 18.8. The van der Waals surface area contributed by atoms with Crippen molar-refractivity contribution in [2.75, 3.05) is 11.9 Å². The molecule has 3 aromatic carbocycles. The Morgan fingerprint density at radius 2 is 1.62 bits per heavy atom. The van der Waals surface area contributed by atoms with E-state index in [2.05, 4.69) is 23.5 Å². The minimum atomic E-state index is -1.03. The molecule has 0 aliphatic rings. The Kier molecular flexibility index (Phi) is 11.2. The van der Waals surface area contributed by atoms with Gasteiger partial charge in [0.1, 0.15) is 17.7 Å². The molecule has 222 valence electrons. The van der Waals surface area contributed by atoms with Crippen molar-refractivity contribution in [2.24, 2.45) is 5.92 Å². The van der Waals surface area contributed by atoms with Gasteiger partial charge in [0.15, 0.2) is 0 Å². The number of terminal acetylenes is 1. The molecule has 0 aliphatic carbocycles. The molecule has 2 unspecified atom stereocenters. The van der Waals surface area contributed by atoms with Crippen molar-refractivity contribution >= 4 is 34.4 Å². The summed E-state index contributed by atoms with van der Waals surface area (Å²) in [7, 11) is 0. The van der Waals surface area contributed by atoms with Gasteiger partial charge in [0.25, 0.3) is 5.91 Å². The van der Waals surface area contributed by atoms with E-state index in [4.69, 9.17) is 11.2 Å². The summed E-state index contributed by atoms with van der Waals surface area (Å²) in [5.41, 5.74) is 0.937. The number of rotatable bonds is 11. The Hall–Kier alpha value is -4.31. The van der Waals surface area contributed by atoms with Crippen LogP contribution in [-0.2, 0) is 14.3 Å². The van der Waals surface area contributed by atoms with Gasteiger partial charge in [-0.25, -0.2) is 4.79 Å². The highest BCUT2D eigenvalue weighted by molar-refractivity contribution is 6.00. The quantitative estimate of drug-likeness (QED) is 0.191. The second-order valence-corrected chi connectivity index (χ2v) is 11.8. The summed E-state index contributed by atoms with van der Waals surface area (Å²) in [5, 5.41) is 7.83. The SMILES string of the molecule is C#Cc1ccccc1C(C(=O)Nc1ccc2ccccc2c1)N(CCCCC)C(=O)C(NC(=O)OC(C)(C)C)C(C)C. The van der Waals surface area contributed by atoms with Crippen molar-refractivity contribution in [3.05, 3.63) is 77.9 Å². The van der Waals surface area contributed by atoms with Gasteiger partial charge in [-0.05, 0) is 67.6 Å². The lowest BCUT2D eigenvalue weighted by Crippen LogP contribution is -2.54. The molecule has 0 radical (unpaired) electrons. The van der Waals surface area contributed by atoms with Crippen LogP contribution in [-0.4, -0.2) is 41.0 Å². The molecular formula is C35H43N3O4. The first kappa shape index (κ1) is 32.2. The van der Waals surface area contributed by atoms with Crippen LogP contribution in [0.4, 0.5) is 10.5 Å². The highest BCUT2D eigenvalue weighted by Gasteiger charge is 2.38. The predicted octanol–water partition coefficient (Wildman–Crippen LogP) is 7.07. The molecule has 0 spiro atoms. The molecular weight excluding hydrogens is 526 g/mol. The highest BCUT2D eigenvalue weighted by atomic mass is 16.6. The second kappa shape index (κ2) is 14.5. The molecule has 0 saturated carbocycles. The van der Waals surface area contributed by atoms with Gasteiger partial charge in [0.2, 0.25) is 5.91 Å². The van der Waals surface area contributed by atoms with Crippen molar-refractivity contribution in [3.8, 4) is 12.3 Å². The smallest absolute Gasteiger partial charge is 0.408 e. The average Bonchev–Trinajstić information content (AvgIpc) is 2.94. The number of ether oxygens (including phenoxy) is 1. The van der Waals surface area contributed by atoms with E-state index in [1.54, 1.807) is 49.9 Å². The topological polar surface area (TPSA) is 87.7 Å².